The second-order valence-corrected chi connectivity index (χ2v) is 8.23. The van der Waals surface area contributed by atoms with E-state index in [1.165, 1.54) is 4.90 Å². The molecule has 32 heavy (non-hydrogen) atoms. The zero-order chi connectivity index (χ0) is 22.5. The summed E-state index contributed by atoms with van der Waals surface area (Å²) in [5.74, 6) is -1.22. The third-order valence-corrected chi connectivity index (χ3v) is 6.09. The van der Waals surface area contributed by atoms with E-state index in [2.05, 4.69) is 20.9 Å². The molecular weight excluding hydrogens is 414 g/mol. The van der Waals surface area contributed by atoms with Crippen LogP contribution in [0.2, 0.25) is 0 Å². The van der Waals surface area contributed by atoms with Gasteiger partial charge in [-0.15, -0.1) is 0 Å². The maximum absolute atomic E-state index is 12.9. The predicted octanol–water partition coefficient (Wildman–Crippen LogP) is -0.302. The van der Waals surface area contributed by atoms with Gasteiger partial charge < -0.3 is 20.3 Å². The van der Waals surface area contributed by atoms with Crippen molar-refractivity contribution in [2.75, 3.05) is 51.3 Å². The first-order chi connectivity index (χ1) is 15.5. The van der Waals surface area contributed by atoms with Crippen molar-refractivity contribution in [3.05, 3.63) is 29.3 Å². The summed E-state index contributed by atoms with van der Waals surface area (Å²) in [4.78, 5) is 52.7. The molecule has 0 radical (unpaired) electrons. The molecule has 172 valence electrons. The van der Waals surface area contributed by atoms with Crippen LogP contribution >= 0.6 is 0 Å². The Morgan fingerprint density at radius 3 is 2.75 bits per heavy atom. The zero-order valence-corrected chi connectivity index (χ0v) is 18.0. The first kappa shape index (κ1) is 22.4. The lowest BCUT2D eigenvalue weighted by atomic mass is 10.0. The quantitative estimate of drug-likeness (QED) is 0.373. The SMILES string of the molecule is O=C1CCC(N2Cc3c(NC(=O)CCOCCN4CCNCC4)cccc3C2=O)C(=O)N1. The molecule has 4 rings (SSSR count). The fourth-order valence-electron chi connectivity index (χ4n) is 4.31. The molecule has 0 saturated carbocycles. The first-order valence-corrected chi connectivity index (χ1v) is 11.1. The number of hydrogen-bond donors (Lipinski definition) is 3. The molecule has 4 amide bonds. The van der Waals surface area contributed by atoms with E-state index in [4.69, 9.17) is 4.74 Å². The Morgan fingerprint density at radius 1 is 1.16 bits per heavy atom. The molecule has 10 heteroatoms. The Labute approximate surface area is 186 Å². The summed E-state index contributed by atoms with van der Waals surface area (Å²) in [5, 5.41) is 8.47. The van der Waals surface area contributed by atoms with E-state index < -0.39 is 11.9 Å². The average Bonchev–Trinajstić information content (AvgIpc) is 3.12. The van der Waals surface area contributed by atoms with E-state index in [9.17, 15) is 19.2 Å². The van der Waals surface area contributed by atoms with Crippen LogP contribution in [0.25, 0.3) is 0 Å². The smallest absolute Gasteiger partial charge is 0.255 e. The fraction of sp³-hybridized carbons (Fsp3) is 0.545. The normalized spacial score (nSPS) is 21.4. The molecule has 3 aliphatic rings. The van der Waals surface area contributed by atoms with Gasteiger partial charge >= 0.3 is 0 Å². The minimum absolute atomic E-state index is 0.188. The molecule has 1 unspecified atom stereocenters. The van der Waals surface area contributed by atoms with Crippen LogP contribution in [0.5, 0.6) is 0 Å². The summed E-state index contributed by atoms with van der Waals surface area (Å²) >= 11 is 0. The van der Waals surface area contributed by atoms with Gasteiger partial charge in [0.25, 0.3) is 5.91 Å². The molecule has 2 saturated heterocycles. The van der Waals surface area contributed by atoms with Crippen LogP contribution in [-0.4, -0.2) is 85.4 Å². The highest BCUT2D eigenvalue weighted by atomic mass is 16.5. The van der Waals surface area contributed by atoms with Gasteiger partial charge in [-0.1, -0.05) is 6.07 Å². The Morgan fingerprint density at radius 2 is 1.97 bits per heavy atom. The third kappa shape index (κ3) is 5.14. The standard InChI is InChI=1S/C22H29N5O5/c28-19-5-4-18(21(30)25-19)27-14-16-15(22(27)31)2-1-3-17(16)24-20(29)6-12-32-13-11-26-9-7-23-8-10-26/h1-3,18,23H,4-14H2,(H,24,29)(H,25,28,30). The summed E-state index contributed by atoms with van der Waals surface area (Å²) in [5.41, 5.74) is 1.73. The Hall–Kier alpha value is -2.82. The van der Waals surface area contributed by atoms with Gasteiger partial charge in [0.05, 0.1) is 19.6 Å². The molecule has 0 bridgehead atoms. The average molecular weight is 444 g/mol. The maximum atomic E-state index is 12.9. The Kier molecular flexibility index (Phi) is 7.13. The number of nitrogens with zero attached hydrogens (tertiary/aromatic N) is 2. The van der Waals surface area contributed by atoms with Crippen LogP contribution in [0.15, 0.2) is 18.2 Å². The molecule has 1 aromatic rings. The number of piperidine rings is 1. The van der Waals surface area contributed by atoms with Crippen LogP contribution in [-0.2, 0) is 25.7 Å². The summed E-state index contributed by atoms with van der Waals surface area (Å²) < 4.78 is 5.61. The van der Waals surface area contributed by atoms with Crippen LogP contribution < -0.4 is 16.0 Å². The van der Waals surface area contributed by atoms with Crippen LogP contribution in [0.4, 0.5) is 5.69 Å². The number of rotatable bonds is 8. The highest BCUT2D eigenvalue weighted by Gasteiger charge is 2.39. The van der Waals surface area contributed by atoms with Gasteiger partial charge in [-0.05, 0) is 18.6 Å². The van der Waals surface area contributed by atoms with E-state index in [0.29, 0.717) is 36.4 Å². The molecule has 10 nitrogen and oxygen atoms in total. The van der Waals surface area contributed by atoms with Crippen molar-refractivity contribution in [2.45, 2.75) is 31.8 Å². The van der Waals surface area contributed by atoms with Crippen molar-refractivity contribution in [1.29, 1.82) is 0 Å². The van der Waals surface area contributed by atoms with Gasteiger partial charge in [0.1, 0.15) is 6.04 Å². The second kappa shape index (κ2) is 10.2. The molecule has 0 aromatic heterocycles. The lowest BCUT2D eigenvalue weighted by Gasteiger charge is -2.29. The van der Waals surface area contributed by atoms with E-state index in [1.54, 1.807) is 18.2 Å². The molecule has 3 aliphatic heterocycles. The minimum atomic E-state index is -0.680. The highest BCUT2D eigenvalue weighted by Crippen LogP contribution is 2.32. The number of nitrogens with one attached hydrogen (secondary N) is 3. The largest absolute Gasteiger partial charge is 0.380 e. The van der Waals surface area contributed by atoms with Gasteiger partial charge in [-0.25, -0.2) is 0 Å². The minimum Gasteiger partial charge on any atom is -0.380 e. The third-order valence-electron chi connectivity index (χ3n) is 6.09. The van der Waals surface area contributed by atoms with E-state index in [1.807, 2.05) is 0 Å². The molecule has 0 aliphatic carbocycles. The molecule has 3 N–H and O–H groups in total. The van der Waals surface area contributed by atoms with Gasteiger partial charge in [-0.2, -0.15) is 0 Å². The molecule has 1 aromatic carbocycles. The Balaban J connectivity index is 1.28. The summed E-state index contributed by atoms with van der Waals surface area (Å²) in [7, 11) is 0. The molecule has 1 atom stereocenters. The number of imide groups is 1. The molecular formula is C22H29N5O5. The van der Waals surface area contributed by atoms with E-state index >= 15 is 0 Å². The van der Waals surface area contributed by atoms with Gasteiger partial charge in [0.2, 0.25) is 17.7 Å². The number of piperazine rings is 1. The van der Waals surface area contributed by atoms with Crippen molar-refractivity contribution in [3.63, 3.8) is 0 Å². The van der Waals surface area contributed by atoms with Crippen molar-refractivity contribution < 1.29 is 23.9 Å². The summed E-state index contributed by atoms with van der Waals surface area (Å²) in [6.45, 7) is 6.00. The fourth-order valence-corrected chi connectivity index (χ4v) is 4.31. The number of amides is 4. The van der Waals surface area contributed by atoms with E-state index in [0.717, 1.165) is 32.7 Å². The summed E-state index contributed by atoms with van der Waals surface area (Å²) in [6, 6.07) is 4.48. The number of carbonyl (C=O) groups excluding carboxylic acids is 4. The molecule has 3 heterocycles. The first-order valence-electron chi connectivity index (χ1n) is 11.1. The summed E-state index contributed by atoms with van der Waals surface area (Å²) in [6.07, 6.45) is 0.724. The molecule has 0 spiro atoms. The van der Waals surface area contributed by atoms with Crippen molar-refractivity contribution in [1.82, 2.24) is 20.4 Å². The van der Waals surface area contributed by atoms with Gasteiger partial charge in [-0.3, -0.25) is 29.4 Å². The van der Waals surface area contributed by atoms with Gasteiger partial charge in [0, 0.05) is 62.5 Å². The highest BCUT2D eigenvalue weighted by molar-refractivity contribution is 6.06. The Bertz CT molecular complexity index is 899. The van der Waals surface area contributed by atoms with Gasteiger partial charge in [0.15, 0.2) is 0 Å². The molecule has 2 fully saturated rings. The number of hydrogen-bond acceptors (Lipinski definition) is 7. The maximum Gasteiger partial charge on any atom is 0.255 e. The van der Waals surface area contributed by atoms with E-state index in [-0.39, 0.29) is 37.1 Å². The lowest BCUT2D eigenvalue weighted by Crippen LogP contribution is -2.52. The predicted molar refractivity (Wildman–Crippen MR) is 116 cm³/mol. The number of ether oxygens (including phenoxy) is 1. The second-order valence-electron chi connectivity index (χ2n) is 8.23. The lowest BCUT2D eigenvalue weighted by molar-refractivity contribution is -0.137. The van der Waals surface area contributed by atoms with Crippen LogP contribution in [0.1, 0.15) is 35.2 Å². The number of benzene rings is 1. The van der Waals surface area contributed by atoms with Crippen molar-refractivity contribution in [3.8, 4) is 0 Å². The topological polar surface area (TPSA) is 120 Å². The number of fused-ring (bicyclic) bond motifs is 1. The monoisotopic (exact) mass is 443 g/mol. The zero-order valence-electron chi connectivity index (χ0n) is 18.0. The number of carbonyl (C=O) groups is 4. The van der Waals surface area contributed by atoms with Crippen molar-refractivity contribution >= 4 is 29.3 Å². The van der Waals surface area contributed by atoms with Crippen molar-refractivity contribution in [2.24, 2.45) is 0 Å². The van der Waals surface area contributed by atoms with Crippen LogP contribution in [0.3, 0.4) is 0 Å². The van der Waals surface area contributed by atoms with Crippen LogP contribution in [0, 0.1) is 0 Å². The number of anilines is 1.